The fraction of sp³-hybridized carbons (Fsp3) is 0.500. The molecule has 94 valence electrons. The second kappa shape index (κ2) is 5.33. The number of nitrogens with zero attached hydrogens (tertiary/aromatic N) is 3. The van der Waals surface area contributed by atoms with Gasteiger partial charge >= 0.3 is 0 Å². The molecule has 17 heavy (non-hydrogen) atoms. The van der Waals surface area contributed by atoms with Gasteiger partial charge in [0.1, 0.15) is 5.41 Å². The van der Waals surface area contributed by atoms with Gasteiger partial charge in [-0.15, -0.1) is 0 Å². The number of nitrogens with two attached hydrogens (primary N) is 1. The van der Waals surface area contributed by atoms with Crippen LogP contribution in [-0.4, -0.2) is 33.0 Å². The van der Waals surface area contributed by atoms with Gasteiger partial charge < -0.3 is 20.8 Å². The summed E-state index contributed by atoms with van der Waals surface area (Å²) in [5.74, 6) is -0.398. The molecule has 0 unspecified atom stereocenters. The Morgan fingerprint density at radius 1 is 1.65 bits per heavy atom. The van der Waals surface area contributed by atoms with Gasteiger partial charge in [-0.2, -0.15) is 0 Å². The largest absolute Gasteiger partial charge is 0.409 e. The average molecular weight is 239 g/mol. The molecule has 0 aromatic carbocycles. The molecular weight excluding hydrogens is 222 g/mol. The fourth-order valence-electron chi connectivity index (χ4n) is 1.18. The zero-order valence-corrected chi connectivity index (χ0v) is 9.92. The Balaban J connectivity index is 2.44. The number of amides is 1. The molecule has 1 amide bonds. The number of imidazole rings is 1. The highest BCUT2D eigenvalue weighted by atomic mass is 16.4. The van der Waals surface area contributed by atoms with E-state index in [1.54, 1.807) is 32.6 Å². The first kappa shape index (κ1) is 13.0. The second-order valence-electron chi connectivity index (χ2n) is 4.17. The van der Waals surface area contributed by atoms with E-state index in [0.29, 0.717) is 13.1 Å². The van der Waals surface area contributed by atoms with E-state index in [0.717, 1.165) is 0 Å². The predicted molar refractivity (Wildman–Crippen MR) is 62.4 cm³/mol. The molecule has 1 rings (SSSR count). The van der Waals surface area contributed by atoms with Crippen molar-refractivity contribution in [3.63, 3.8) is 0 Å². The number of carbonyl (C=O) groups excluding carboxylic acids is 1. The SMILES string of the molecule is CC(C)(C(=O)NCCn1ccnc1)C(N)=NO. The van der Waals surface area contributed by atoms with E-state index >= 15 is 0 Å². The summed E-state index contributed by atoms with van der Waals surface area (Å²) in [6.07, 6.45) is 5.14. The lowest BCUT2D eigenvalue weighted by molar-refractivity contribution is -0.126. The Labute approximate surface area is 99.3 Å². The summed E-state index contributed by atoms with van der Waals surface area (Å²) < 4.78 is 1.84. The van der Waals surface area contributed by atoms with Crippen molar-refractivity contribution in [1.29, 1.82) is 0 Å². The molecular formula is C10H17N5O2. The minimum Gasteiger partial charge on any atom is -0.409 e. The quantitative estimate of drug-likeness (QED) is 0.285. The number of aromatic nitrogens is 2. The number of nitrogens with one attached hydrogen (secondary N) is 1. The Morgan fingerprint density at radius 2 is 2.35 bits per heavy atom. The van der Waals surface area contributed by atoms with E-state index in [1.165, 1.54) is 0 Å². The molecule has 0 fully saturated rings. The van der Waals surface area contributed by atoms with Crippen molar-refractivity contribution in [2.45, 2.75) is 20.4 Å². The highest BCUT2D eigenvalue weighted by molar-refractivity contribution is 6.05. The average Bonchev–Trinajstić information content (AvgIpc) is 2.80. The van der Waals surface area contributed by atoms with Gasteiger partial charge in [-0.25, -0.2) is 4.98 Å². The maximum absolute atomic E-state index is 11.8. The van der Waals surface area contributed by atoms with Gasteiger partial charge in [-0.3, -0.25) is 4.79 Å². The van der Waals surface area contributed by atoms with Crippen LogP contribution in [-0.2, 0) is 11.3 Å². The van der Waals surface area contributed by atoms with E-state index in [4.69, 9.17) is 10.9 Å². The molecule has 0 saturated carbocycles. The van der Waals surface area contributed by atoms with Crippen LogP contribution >= 0.6 is 0 Å². The first-order valence-corrected chi connectivity index (χ1v) is 5.20. The van der Waals surface area contributed by atoms with E-state index in [-0.39, 0.29) is 11.7 Å². The van der Waals surface area contributed by atoms with Crippen LogP contribution < -0.4 is 11.1 Å². The van der Waals surface area contributed by atoms with Gasteiger partial charge in [-0.05, 0) is 13.8 Å². The number of carbonyl (C=O) groups is 1. The molecule has 0 spiro atoms. The third kappa shape index (κ3) is 3.20. The van der Waals surface area contributed by atoms with Crippen LogP contribution in [0.2, 0.25) is 0 Å². The van der Waals surface area contributed by atoms with E-state index < -0.39 is 5.41 Å². The fourth-order valence-corrected chi connectivity index (χ4v) is 1.18. The van der Waals surface area contributed by atoms with Crippen molar-refractivity contribution in [1.82, 2.24) is 14.9 Å². The molecule has 0 radical (unpaired) electrons. The smallest absolute Gasteiger partial charge is 0.233 e. The molecule has 0 bridgehead atoms. The number of hydrogen-bond donors (Lipinski definition) is 3. The number of rotatable bonds is 5. The van der Waals surface area contributed by atoms with Gasteiger partial charge in [-0.1, -0.05) is 5.16 Å². The Bertz CT molecular complexity index is 397. The van der Waals surface area contributed by atoms with Crippen LogP contribution in [0.4, 0.5) is 0 Å². The van der Waals surface area contributed by atoms with Gasteiger partial charge in [0.2, 0.25) is 5.91 Å². The van der Waals surface area contributed by atoms with Crippen LogP contribution in [0.15, 0.2) is 23.9 Å². The summed E-state index contributed by atoms with van der Waals surface area (Å²) >= 11 is 0. The first-order valence-electron chi connectivity index (χ1n) is 5.20. The van der Waals surface area contributed by atoms with Crippen molar-refractivity contribution in [2.24, 2.45) is 16.3 Å². The summed E-state index contributed by atoms with van der Waals surface area (Å²) in [6.45, 7) is 4.26. The number of hydrogen-bond acceptors (Lipinski definition) is 4. The molecule has 4 N–H and O–H groups in total. The molecule has 7 nitrogen and oxygen atoms in total. The summed E-state index contributed by atoms with van der Waals surface area (Å²) in [5, 5.41) is 14.1. The van der Waals surface area contributed by atoms with E-state index in [2.05, 4.69) is 15.5 Å². The van der Waals surface area contributed by atoms with Crippen molar-refractivity contribution in [3.05, 3.63) is 18.7 Å². The Hall–Kier alpha value is -2.05. The van der Waals surface area contributed by atoms with E-state index in [1.807, 2.05) is 4.57 Å². The van der Waals surface area contributed by atoms with Gasteiger partial charge in [0.15, 0.2) is 5.84 Å². The normalized spacial score (nSPS) is 12.5. The van der Waals surface area contributed by atoms with Crippen LogP contribution in [0.3, 0.4) is 0 Å². The molecule has 1 heterocycles. The monoisotopic (exact) mass is 239 g/mol. The van der Waals surface area contributed by atoms with Crippen LogP contribution in [0.25, 0.3) is 0 Å². The summed E-state index contributed by atoms with van der Waals surface area (Å²) in [5.41, 5.74) is 4.42. The van der Waals surface area contributed by atoms with Gasteiger partial charge in [0, 0.05) is 25.5 Å². The maximum atomic E-state index is 11.8. The van der Waals surface area contributed by atoms with Gasteiger partial charge in [0.25, 0.3) is 0 Å². The zero-order chi connectivity index (χ0) is 12.9. The third-order valence-corrected chi connectivity index (χ3v) is 2.53. The van der Waals surface area contributed by atoms with Crippen LogP contribution in [0.5, 0.6) is 0 Å². The summed E-state index contributed by atoms with van der Waals surface area (Å²) in [7, 11) is 0. The molecule has 0 aliphatic carbocycles. The van der Waals surface area contributed by atoms with Crippen molar-refractivity contribution >= 4 is 11.7 Å². The van der Waals surface area contributed by atoms with Crippen molar-refractivity contribution in [3.8, 4) is 0 Å². The standard InChI is InChI=1S/C10H17N5O2/c1-10(2,8(11)14-17)9(16)13-4-6-15-5-3-12-7-15/h3,5,7,17H,4,6H2,1-2H3,(H2,11,14)(H,13,16). The zero-order valence-electron chi connectivity index (χ0n) is 9.92. The molecule has 0 atom stereocenters. The molecule has 1 aromatic rings. The molecule has 0 aliphatic heterocycles. The second-order valence-corrected chi connectivity index (χ2v) is 4.17. The lowest BCUT2D eigenvalue weighted by atomic mass is 9.91. The summed E-state index contributed by atoms with van der Waals surface area (Å²) in [6, 6.07) is 0. The lowest BCUT2D eigenvalue weighted by Crippen LogP contribution is -2.46. The lowest BCUT2D eigenvalue weighted by Gasteiger charge is -2.21. The Morgan fingerprint density at radius 3 is 2.88 bits per heavy atom. The minimum absolute atomic E-state index is 0.113. The molecule has 0 saturated heterocycles. The Kier molecular flexibility index (Phi) is 4.08. The minimum atomic E-state index is -1.02. The molecule has 7 heteroatoms. The third-order valence-electron chi connectivity index (χ3n) is 2.53. The van der Waals surface area contributed by atoms with Crippen LogP contribution in [0, 0.1) is 5.41 Å². The predicted octanol–water partition coefficient (Wildman–Crippen LogP) is -0.228. The van der Waals surface area contributed by atoms with Crippen LogP contribution in [0.1, 0.15) is 13.8 Å². The van der Waals surface area contributed by atoms with Crippen molar-refractivity contribution in [2.75, 3.05) is 6.54 Å². The maximum Gasteiger partial charge on any atom is 0.233 e. The van der Waals surface area contributed by atoms with E-state index in [9.17, 15) is 4.79 Å². The molecule has 0 aliphatic rings. The number of amidine groups is 1. The van der Waals surface area contributed by atoms with Crippen molar-refractivity contribution < 1.29 is 10.0 Å². The molecule has 1 aromatic heterocycles. The summed E-state index contributed by atoms with van der Waals surface area (Å²) in [4.78, 5) is 15.7. The first-order chi connectivity index (χ1) is 7.98. The number of oxime groups is 1. The van der Waals surface area contributed by atoms with Gasteiger partial charge in [0.05, 0.1) is 6.33 Å². The topological polar surface area (TPSA) is 106 Å². The highest BCUT2D eigenvalue weighted by Gasteiger charge is 2.32. The highest BCUT2D eigenvalue weighted by Crippen LogP contribution is 2.14.